The van der Waals surface area contributed by atoms with Crippen LogP contribution >= 0.6 is 0 Å². The molecule has 1 aliphatic carbocycles. The van der Waals surface area contributed by atoms with Gasteiger partial charge in [-0.3, -0.25) is 4.79 Å². The summed E-state index contributed by atoms with van der Waals surface area (Å²) in [5.41, 5.74) is 5.11. The fourth-order valence-electron chi connectivity index (χ4n) is 3.12. The molecule has 0 radical (unpaired) electrons. The summed E-state index contributed by atoms with van der Waals surface area (Å²) in [7, 11) is 0. The largest absolute Gasteiger partial charge is 0.465 e. The van der Waals surface area contributed by atoms with Gasteiger partial charge in [-0.15, -0.1) is 0 Å². The minimum absolute atomic E-state index is 0.277. The van der Waals surface area contributed by atoms with Crippen molar-refractivity contribution in [2.24, 2.45) is 0 Å². The summed E-state index contributed by atoms with van der Waals surface area (Å²) in [4.78, 5) is 24.8. The number of hydrogen-bond donors (Lipinski definition) is 0. The van der Waals surface area contributed by atoms with E-state index >= 15 is 0 Å². The standard InChI is InChI=1S/C18H22O4/c1-6-21-17(19)15-12(5)13-9-10(3)8-11(4)14(13)16(15)18(20)22-7-2/h8-9,16H,6-7H2,1-5H3. The van der Waals surface area contributed by atoms with E-state index in [4.69, 9.17) is 9.47 Å². The third kappa shape index (κ3) is 2.65. The van der Waals surface area contributed by atoms with E-state index in [1.54, 1.807) is 13.8 Å². The molecule has 0 bridgehead atoms. The van der Waals surface area contributed by atoms with Crippen molar-refractivity contribution in [2.45, 2.75) is 40.5 Å². The van der Waals surface area contributed by atoms with Gasteiger partial charge in [0.1, 0.15) is 5.92 Å². The molecular weight excluding hydrogens is 280 g/mol. The molecule has 0 N–H and O–H groups in total. The van der Waals surface area contributed by atoms with Crippen LogP contribution in [0.4, 0.5) is 0 Å². The van der Waals surface area contributed by atoms with Crippen LogP contribution in [-0.4, -0.2) is 25.2 Å². The van der Waals surface area contributed by atoms with E-state index in [-0.39, 0.29) is 13.2 Å². The van der Waals surface area contributed by atoms with E-state index in [0.29, 0.717) is 5.57 Å². The van der Waals surface area contributed by atoms with Crippen LogP contribution in [0.3, 0.4) is 0 Å². The molecule has 1 atom stereocenters. The zero-order valence-electron chi connectivity index (χ0n) is 13.8. The van der Waals surface area contributed by atoms with Crippen molar-refractivity contribution >= 4 is 17.5 Å². The number of hydrogen-bond acceptors (Lipinski definition) is 4. The molecule has 118 valence electrons. The molecule has 1 aromatic carbocycles. The lowest BCUT2D eigenvalue weighted by atomic mass is 9.91. The van der Waals surface area contributed by atoms with Gasteiger partial charge in [0.15, 0.2) is 0 Å². The number of aryl methyl sites for hydroxylation is 2. The Morgan fingerprint density at radius 3 is 2.27 bits per heavy atom. The van der Waals surface area contributed by atoms with Gasteiger partial charge >= 0.3 is 11.9 Å². The number of benzene rings is 1. The number of esters is 2. The van der Waals surface area contributed by atoms with Crippen LogP contribution in [0.5, 0.6) is 0 Å². The Hall–Kier alpha value is -2.10. The van der Waals surface area contributed by atoms with Crippen molar-refractivity contribution in [2.75, 3.05) is 13.2 Å². The molecule has 0 amide bonds. The number of carbonyl (C=O) groups is 2. The van der Waals surface area contributed by atoms with Gasteiger partial charge < -0.3 is 9.47 Å². The Bertz CT molecular complexity index is 655. The molecule has 0 saturated heterocycles. The molecule has 1 aromatic rings. The van der Waals surface area contributed by atoms with Gasteiger partial charge in [0, 0.05) is 0 Å². The molecule has 0 aliphatic heterocycles. The normalized spacial score (nSPS) is 16.5. The van der Waals surface area contributed by atoms with Gasteiger partial charge in [-0.1, -0.05) is 17.7 Å². The maximum absolute atomic E-state index is 12.4. The Labute approximate surface area is 131 Å². The fourth-order valence-corrected chi connectivity index (χ4v) is 3.12. The molecule has 0 spiro atoms. The zero-order chi connectivity index (χ0) is 16.4. The van der Waals surface area contributed by atoms with Crippen LogP contribution in [0.2, 0.25) is 0 Å². The van der Waals surface area contributed by atoms with E-state index in [1.807, 2.05) is 32.9 Å². The van der Waals surface area contributed by atoms with Gasteiger partial charge in [-0.2, -0.15) is 0 Å². The Morgan fingerprint density at radius 1 is 1.05 bits per heavy atom. The summed E-state index contributed by atoms with van der Waals surface area (Å²) < 4.78 is 10.3. The molecule has 4 heteroatoms. The average molecular weight is 302 g/mol. The topological polar surface area (TPSA) is 52.6 Å². The summed E-state index contributed by atoms with van der Waals surface area (Å²) >= 11 is 0. The second kappa shape index (κ2) is 6.34. The highest BCUT2D eigenvalue weighted by Gasteiger charge is 2.41. The fraction of sp³-hybridized carbons (Fsp3) is 0.444. The predicted octanol–water partition coefficient (Wildman–Crippen LogP) is 3.30. The highest BCUT2D eigenvalue weighted by molar-refractivity contribution is 6.09. The van der Waals surface area contributed by atoms with Crippen LogP contribution in [-0.2, 0) is 19.1 Å². The smallest absolute Gasteiger partial charge is 0.335 e. The van der Waals surface area contributed by atoms with Crippen molar-refractivity contribution in [3.05, 3.63) is 40.0 Å². The molecule has 0 heterocycles. The van der Waals surface area contributed by atoms with Gasteiger partial charge in [0.25, 0.3) is 0 Å². The van der Waals surface area contributed by atoms with Crippen LogP contribution in [0.1, 0.15) is 48.9 Å². The van der Waals surface area contributed by atoms with Crippen molar-refractivity contribution < 1.29 is 19.1 Å². The predicted molar refractivity (Wildman–Crippen MR) is 84.5 cm³/mol. The van der Waals surface area contributed by atoms with Crippen molar-refractivity contribution in [3.63, 3.8) is 0 Å². The molecule has 2 rings (SSSR count). The molecule has 1 unspecified atom stereocenters. The van der Waals surface area contributed by atoms with Gasteiger partial charge in [0.2, 0.25) is 0 Å². The highest BCUT2D eigenvalue weighted by atomic mass is 16.5. The number of allylic oxidation sites excluding steroid dienone is 1. The van der Waals surface area contributed by atoms with Crippen LogP contribution in [0, 0.1) is 13.8 Å². The van der Waals surface area contributed by atoms with Crippen molar-refractivity contribution in [1.29, 1.82) is 0 Å². The van der Waals surface area contributed by atoms with E-state index < -0.39 is 17.9 Å². The van der Waals surface area contributed by atoms with E-state index in [9.17, 15) is 9.59 Å². The number of carbonyl (C=O) groups excluding carboxylic acids is 2. The monoisotopic (exact) mass is 302 g/mol. The molecule has 4 nitrogen and oxygen atoms in total. The van der Waals surface area contributed by atoms with E-state index in [0.717, 1.165) is 27.8 Å². The van der Waals surface area contributed by atoms with Crippen LogP contribution in [0.25, 0.3) is 5.57 Å². The molecule has 0 fully saturated rings. The third-order valence-corrected chi connectivity index (χ3v) is 3.93. The van der Waals surface area contributed by atoms with E-state index in [1.165, 1.54) is 0 Å². The minimum Gasteiger partial charge on any atom is -0.465 e. The second-order valence-electron chi connectivity index (χ2n) is 5.49. The third-order valence-electron chi connectivity index (χ3n) is 3.93. The Morgan fingerprint density at radius 2 is 1.68 bits per heavy atom. The first-order valence-corrected chi connectivity index (χ1v) is 7.58. The van der Waals surface area contributed by atoms with Gasteiger partial charge in [-0.05, 0) is 56.9 Å². The van der Waals surface area contributed by atoms with E-state index in [2.05, 4.69) is 0 Å². The number of rotatable bonds is 4. The SMILES string of the molecule is CCOC(=O)C1=C(C)c2cc(C)cc(C)c2C1C(=O)OCC. The molecule has 0 saturated carbocycles. The summed E-state index contributed by atoms with van der Waals surface area (Å²) in [6.07, 6.45) is 0. The lowest BCUT2D eigenvalue weighted by molar-refractivity contribution is -0.147. The molecule has 1 aliphatic rings. The molecular formula is C18H22O4. The maximum atomic E-state index is 12.4. The first-order chi connectivity index (χ1) is 10.4. The van der Waals surface area contributed by atoms with Gasteiger partial charge in [0.05, 0.1) is 18.8 Å². The van der Waals surface area contributed by atoms with Crippen LogP contribution in [0.15, 0.2) is 17.7 Å². The van der Waals surface area contributed by atoms with Gasteiger partial charge in [-0.25, -0.2) is 4.79 Å². The van der Waals surface area contributed by atoms with Crippen molar-refractivity contribution in [3.8, 4) is 0 Å². The Balaban J connectivity index is 2.62. The molecule has 22 heavy (non-hydrogen) atoms. The Kier molecular flexibility index (Phi) is 4.69. The summed E-state index contributed by atoms with van der Waals surface area (Å²) in [6, 6.07) is 4.03. The second-order valence-corrected chi connectivity index (χ2v) is 5.49. The first kappa shape index (κ1) is 16.3. The molecule has 0 aromatic heterocycles. The quantitative estimate of drug-likeness (QED) is 0.801. The summed E-state index contributed by atoms with van der Waals surface area (Å²) in [6.45, 7) is 9.90. The zero-order valence-corrected chi connectivity index (χ0v) is 13.8. The highest BCUT2D eigenvalue weighted by Crippen LogP contribution is 2.45. The minimum atomic E-state index is -0.686. The number of fused-ring (bicyclic) bond motifs is 1. The number of ether oxygens (including phenoxy) is 2. The lowest BCUT2D eigenvalue weighted by Crippen LogP contribution is -2.22. The summed E-state index contributed by atoms with van der Waals surface area (Å²) in [5, 5.41) is 0. The average Bonchev–Trinajstić information content (AvgIpc) is 2.73. The van der Waals surface area contributed by atoms with Crippen molar-refractivity contribution in [1.82, 2.24) is 0 Å². The summed E-state index contributed by atoms with van der Waals surface area (Å²) in [5.74, 6) is -1.52. The lowest BCUT2D eigenvalue weighted by Gasteiger charge is -2.16. The first-order valence-electron chi connectivity index (χ1n) is 7.58. The van der Waals surface area contributed by atoms with Crippen LogP contribution < -0.4 is 0 Å². The maximum Gasteiger partial charge on any atom is 0.335 e.